The summed E-state index contributed by atoms with van der Waals surface area (Å²) in [6.45, 7) is 0.670. The molecule has 0 atom stereocenters. The molecular weight excluding hydrogens is 370 g/mol. The van der Waals surface area contributed by atoms with E-state index in [1.165, 1.54) is 11.3 Å². The molecule has 1 saturated carbocycles. The summed E-state index contributed by atoms with van der Waals surface area (Å²) in [5, 5.41) is 7.03. The maximum absolute atomic E-state index is 13.2. The van der Waals surface area contributed by atoms with Crippen LogP contribution in [-0.2, 0) is 16.6 Å². The van der Waals surface area contributed by atoms with Crippen LogP contribution in [0.2, 0.25) is 5.02 Å². The van der Waals surface area contributed by atoms with Crippen LogP contribution in [-0.4, -0.2) is 23.3 Å². The average Bonchev–Trinajstić information content (AvgIpc) is 3.24. The molecule has 0 saturated heterocycles. The number of aromatic nitrogens is 1. The number of fused-ring (bicyclic) bond motifs is 1. The van der Waals surface area contributed by atoms with Crippen LogP contribution in [0.25, 0.3) is 0 Å². The van der Waals surface area contributed by atoms with Crippen molar-refractivity contribution in [2.75, 3.05) is 11.9 Å². The summed E-state index contributed by atoms with van der Waals surface area (Å²) in [5.74, 6) is -0.134. The van der Waals surface area contributed by atoms with Crippen molar-refractivity contribution < 1.29 is 9.59 Å². The van der Waals surface area contributed by atoms with Crippen LogP contribution in [0.3, 0.4) is 0 Å². The number of hydrogen-bond donors (Lipinski definition) is 2. The molecule has 1 aromatic heterocycles. The van der Waals surface area contributed by atoms with Gasteiger partial charge in [0.2, 0.25) is 5.91 Å². The molecule has 4 rings (SSSR count). The van der Waals surface area contributed by atoms with Crippen molar-refractivity contribution in [1.29, 1.82) is 0 Å². The third-order valence-corrected chi connectivity index (χ3v) is 6.55. The average molecular weight is 390 g/mol. The van der Waals surface area contributed by atoms with Crippen LogP contribution in [0.5, 0.6) is 0 Å². The second-order valence-corrected chi connectivity index (χ2v) is 8.34. The molecule has 136 valence electrons. The van der Waals surface area contributed by atoms with Gasteiger partial charge in [0.05, 0.1) is 11.1 Å². The molecule has 5 nitrogen and oxygen atoms in total. The number of rotatable bonds is 3. The monoisotopic (exact) mass is 389 g/mol. The summed E-state index contributed by atoms with van der Waals surface area (Å²) in [7, 11) is 0. The number of nitrogens with zero attached hydrogens (tertiary/aromatic N) is 1. The van der Waals surface area contributed by atoms with Gasteiger partial charge in [0.25, 0.3) is 5.91 Å². The van der Waals surface area contributed by atoms with E-state index in [4.69, 9.17) is 11.6 Å². The lowest BCUT2D eigenvalue weighted by Gasteiger charge is -2.27. The van der Waals surface area contributed by atoms with Crippen molar-refractivity contribution in [2.24, 2.45) is 0 Å². The van der Waals surface area contributed by atoms with E-state index >= 15 is 0 Å². The predicted molar refractivity (Wildman–Crippen MR) is 103 cm³/mol. The van der Waals surface area contributed by atoms with Crippen LogP contribution >= 0.6 is 22.9 Å². The van der Waals surface area contributed by atoms with Gasteiger partial charge in [0.1, 0.15) is 4.88 Å². The van der Waals surface area contributed by atoms with Crippen LogP contribution < -0.4 is 10.6 Å². The number of halogens is 1. The Hall–Kier alpha value is -1.92. The van der Waals surface area contributed by atoms with Gasteiger partial charge in [-0.3, -0.25) is 9.59 Å². The number of aryl methyl sites for hydroxylation is 1. The highest BCUT2D eigenvalue weighted by molar-refractivity contribution is 7.17. The molecule has 26 heavy (non-hydrogen) atoms. The molecule has 1 aliphatic carbocycles. The quantitative estimate of drug-likeness (QED) is 0.835. The first-order chi connectivity index (χ1) is 12.6. The minimum atomic E-state index is -0.546. The fourth-order valence-electron chi connectivity index (χ4n) is 3.90. The molecule has 2 heterocycles. The van der Waals surface area contributed by atoms with Gasteiger partial charge in [-0.1, -0.05) is 47.9 Å². The van der Waals surface area contributed by atoms with Crippen LogP contribution in [0.15, 0.2) is 24.3 Å². The van der Waals surface area contributed by atoms with Crippen molar-refractivity contribution in [1.82, 2.24) is 10.3 Å². The lowest BCUT2D eigenvalue weighted by atomic mass is 9.78. The van der Waals surface area contributed by atoms with Crippen LogP contribution in [0, 0.1) is 0 Å². The minimum absolute atomic E-state index is 0.0401. The van der Waals surface area contributed by atoms with E-state index < -0.39 is 5.41 Å². The number of thiazole rings is 1. The molecule has 1 fully saturated rings. The van der Waals surface area contributed by atoms with Crippen molar-refractivity contribution in [3.05, 3.63) is 45.4 Å². The maximum Gasteiger partial charge on any atom is 0.263 e. The summed E-state index contributed by atoms with van der Waals surface area (Å²) in [4.78, 5) is 30.4. The van der Waals surface area contributed by atoms with Gasteiger partial charge in [-0.25, -0.2) is 4.98 Å². The predicted octanol–water partition coefficient (Wildman–Crippen LogP) is 3.92. The molecule has 0 bridgehead atoms. The SMILES string of the molecule is O=C1NCCCc2nc(NC(=O)C3(c4ccc(Cl)cc4)CCCC3)sc21. The first kappa shape index (κ1) is 17.5. The lowest BCUT2D eigenvalue weighted by molar-refractivity contribution is -0.121. The normalized spacial score (nSPS) is 18.7. The standard InChI is InChI=1S/C19H20ClN3O2S/c20-13-7-5-12(6-8-13)19(9-1-2-10-19)17(25)23-18-22-14-4-3-11-21-16(24)15(14)26-18/h5-8H,1-4,9-11H2,(H,21,24)(H,22,23,25). The van der Waals surface area contributed by atoms with E-state index in [1.54, 1.807) is 0 Å². The second-order valence-electron chi connectivity index (χ2n) is 6.90. The van der Waals surface area contributed by atoms with Crippen LogP contribution in [0.4, 0.5) is 5.13 Å². The Bertz CT molecular complexity index is 841. The molecule has 0 spiro atoms. The number of hydrogen-bond acceptors (Lipinski definition) is 4. The Kier molecular flexibility index (Phi) is 4.71. The smallest absolute Gasteiger partial charge is 0.263 e. The van der Waals surface area contributed by atoms with Gasteiger partial charge in [-0.05, 0) is 43.4 Å². The first-order valence-corrected chi connectivity index (χ1v) is 10.1. The topological polar surface area (TPSA) is 71.1 Å². The Morgan fingerprint density at radius 2 is 1.92 bits per heavy atom. The van der Waals surface area contributed by atoms with E-state index in [0.717, 1.165) is 49.8 Å². The van der Waals surface area contributed by atoms with Crippen molar-refractivity contribution in [2.45, 2.75) is 43.9 Å². The lowest BCUT2D eigenvalue weighted by Crippen LogP contribution is -2.38. The Morgan fingerprint density at radius 3 is 2.65 bits per heavy atom. The fraction of sp³-hybridized carbons (Fsp3) is 0.421. The number of amides is 2. The molecule has 2 aliphatic rings. The Morgan fingerprint density at radius 1 is 1.19 bits per heavy atom. The second kappa shape index (κ2) is 7.00. The van der Waals surface area contributed by atoms with Gasteiger partial charge in [-0.15, -0.1) is 0 Å². The summed E-state index contributed by atoms with van der Waals surface area (Å²) in [6.07, 6.45) is 5.28. The zero-order valence-corrected chi connectivity index (χ0v) is 15.9. The van der Waals surface area contributed by atoms with Crippen molar-refractivity contribution in [3.63, 3.8) is 0 Å². The van der Waals surface area contributed by atoms with Gasteiger partial charge < -0.3 is 10.6 Å². The largest absolute Gasteiger partial charge is 0.351 e. The van der Waals surface area contributed by atoms with Gasteiger partial charge in [0, 0.05) is 11.6 Å². The van der Waals surface area contributed by atoms with E-state index in [1.807, 2.05) is 24.3 Å². The molecule has 1 aromatic carbocycles. The fourth-order valence-corrected chi connectivity index (χ4v) is 4.95. The van der Waals surface area contributed by atoms with Gasteiger partial charge in [-0.2, -0.15) is 0 Å². The molecule has 2 N–H and O–H groups in total. The molecule has 1 aliphatic heterocycles. The van der Waals surface area contributed by atoms with E-state index in [9.17, 15) is 9.59 Å². The highest BCUT2D eigenvalue weighted by atomic mass is 35.5. The molecule has 0 unspecified atom stereocenters. The summed E-state index contributed by atoms with van der Waals surface area (Å²) in [6, 6.07) is 7.55. The summed E-state index contributed by atoms with van der Waals surface area (Å²) in [5.41, 5.74) is 1.23. The highest BCUT2D eigenvalue weighted by Crippen LogP contribution is 2.42. The Labute approximate surface area is 161 Å². The van der Waals surface area contributed by atoms with Gasteiger partial charge in [0.15, 0.2) is 5.13 Å². The first-order valence-electron chi connectivity index (χ1n) is 8.94. The van der Waals surface area contributed by atoms with Crippen molar-refractivity contribution in [3.8, 4) is 0 Å². The van der Waals surface area contributed by atoms with Crippen LogP contribution in [0.1, 0.15) is 53.0 Å². The zero-order valence-electron chi connectivity index (χ0n) is 14.3. The molecule has 7 heteroatoms. The van der Waals surface area contributed by atoms with E-state index in [-0.39, 0.29) is 11.8 Å². The maximum atomic E-state index is 13.2. The zero-order chi connectivity index (χ0) is 18.1. The Balaban J connectivity index is 1.61. The third-order valence-electron chi connectivity index (χ3n) is 5.29. The number of anilines is 1. The minimum Gasteiger partial charge on any atom is -0.351 e. The number of carbonyl (C=O) groups is 2. The van der Waals surface area contributed by atoms with E-state index in [0.29, 0.717) is 21.6 Å². The molecule has 2 aromatic rings. The van der Waals surface area contributed by atoms with Crippen molar-refractivity contribution >= 4 is 39.9 Å². The molecule has 0 radical (unpaired) electrons. The van der Waals surface area contributed by atoms with Gasteiger partial charge >= 0.3 is 0 Å². The number of benzene rings is 1. The molecule has 2 amide bonds. The summed E-state index contributed by atoms with van der Waals surface area (Å²) < 4.78 is 0. The third kappa shape index (κ3) is 3.12. The number of nitrogens with one attached hydrogen (secondary N) is 2. The van der Waals surface area contributed by atoms with E-state index in [2.05, 4.69) is 15.6 Å². The number of carbonyl (C=O) groups excluding carboxylic acids is 2. The summed E-state index contributed by atoms with van der Waals surface area (Å²) >= 11 is 7.28. The highest BCUT2D eigenvalue weighted by Gasteiger charge is 2.43. The molecular formula is C19H20ClN3O2S.